The third-order valence-electron chi connectivity index (χ3n) is 5.95. The molecule has 3 nitrogen and oxygen atoms in total. The molecule has 0 spiro atoms. The van der Waals surface area contributed by atoms with Crippen molar-refractivity contribution in [1.29, 1.82) is 0 Å². The van der Waals surface area contributed by atoms with Gasteiger partial charge in [0.2, 0.25) is 5.91 Å². The number of anilines is 1. The number of hydrogen-bond acceptors (Lipinski definition) is 2. The summed E-state index contributed by atoms with van der Waals surface area (Å²) >= 11 is 0. The lowest BCUT2D eigenvalue weighted by Crippen LogP contribution is -2.34. The number of carbonyl (C=O) groups excluding carboxylic acids is 1. The molecule has 3 heteroatoms. The van der Waals surface area contributed by atoms with Crippen LogP contribution in [0.5, 0.6) is 0 Å². The zero-order chi connectivity index (χ0) is 16.8. The molecule has 1 heterocycles. The molecule has 0 radical (unpaired) electrons. The van der Waals surface area contributed by atoms with Gasteiger partial charge >= 0.3 is 0 Å². The minimum Gasteiger partial charge on any atom is -0.376 e. The number of rotatable bonds is 4. The topological polar surface area (TPSA) is 32.3 Å². The average Bonchev–Trinajstić information content (AvgIpc) is 2.73. The molecule has 1 saturated carbocycles. The van der Waals surface area contributed by atoms with Crippen LogP contribution in [-0.4, -0.2) is 23.9 Å². The van der Waals surface area contributed by atoms with Gasteiger partial charge in [0.1, 0.15) is 0 Å². The maximum Gasteiger partial charge on any atom is 0.242 e. The fraction of sp³-hybridized carbons (Fsp3) is 0.667. The largest absolute Gasteiger partial charge is 0.376 e. The molecule has 0 aromatic heterocycles. The fourth-order valence-electron chi connectivity index (χ4n) is 4.33. The van der Waals surface area contributed by atoms with E-state index in [2.05, 4.69) is 30.4 Å². The molecule has 1 aromatic carbocycles. The van der Waals surface area contributed by atoms with Crippen LogP contribution in [0.25, 0.3) is 0 Å². The monoisotopic (exact) mass is 330 g/mol. The first-order chi connectivity index (χ1) is 11.7. The highest BCUT2D eigenvalue weighted by Gasteiger charge is 2.22. The van der Waals surface area contributed by atoms with E-state index in [9.17, 15) is 4.79 Å². The first-order valence-corrected chi connectivity index (χ1v) is 9.83. The van der Waals surface area contributed by atoms with E-state index in [0.717, 1.165) is 37.0 Å². The van der Waals surface area contributed by atoms with E-state index in [4.69, 9.17) is 0 Å². The Hall–Kier alpha value is -1.51. The van der Waals surface area contributed by atoms with Gasteiger partial charge in [-0.05, 0) is 36.3 Å². The first kappa shape index (κ1) is 17.3. The van der Waals surface area contributed by atoms with Crippen molar-refractivity contribution in [1.82, 2.24) is 4.90 Å². The van der Waals surface area contributed by atoms with Gasteiger partial charge in [-0.2, -0.15) is 0 Å². The molecule has 1 aliphatic heterocycles. The van der Waals surface area contributed by atoms with Crippen LogP contribution in [0.2, 0.25) is 0 Å². The van der Waals surface area contributed by atoms with Gasteiger partial charge in [0, 0.05) is 20.2 Å². The summed E-state index contributed by atoms with van der Waals surface area (Å²) in [6, 6.07) is 8.29. The molecule has 1 fully saturated rings. The van der Waals surface area contributed by atoms with Crippen LogP contribution in [-0.2, 0) is 11.3 Å². The van der Waals surface area contributed by atoms with Crippen LogP contribution in [0.15, 0.2) is 24.3 Å². The molecule has 0 saturated heterocycles. The number of amides is 1. The van der Waals surface area contributed by atoms with E-state index in [0.29, 0.717) is 6.54 Å². The molecule has 24 heavy (non-hydrogen) atoms. The molecule has 2 unspecified atom stereocenters. The number of fused-ring (bicyclic) bond motifs is 1. The quantitative estimate of drug-likeness (QED) is 0.835. The normalized spacial score (nSPS) is 25.2. The summed E-state index contributed by atoms with van der Waals surface area (Å²) < 4.78 is 0. The maximum absolute atomic E-state index is 12.4. The van der Waals surface area contributed by atoms with E-state index < -0.39 is 0 Å². The highest BCUT2D eigenvalue weighted by Crippen LogP contribution is 2.31. The van der Waals surface area contributed by atoms with Gasteiger partial charge in [-0.1, -0.05) is 63.6 Å². The summed E-state index contributed by atoms with van der Waals surface area (Å²) in [4.78, 5) is 14.4. The minimum absolute atomic E-state index is 0. The van der Waals surface area contributed by atoms with Gasteiger partial charge in [0.25, 0.3) is 0 Å². The van der Waals surface area contributed by atoms with E-state index >= 15 is 0 Å². The molecule has 0 bridgehead atoms. The summed E-state index contributed by atoms with van der Waals surface area (Å²) in [5.74, 6) is 1.95. The second-order valence-corrected chi connectivity index (χ2v) is 7.70. The Morgan fingerprint density at radius 3 is 2.83 bits per heavy atom. The van der Waals surface area contributed by atoms with Crippen molar-refractivity contribution >= 4 is 11.6 Å². The molecule has 1 amide bonds. The Morgan fingerprint density at radius 1 is 1.17 bits per heavy atom. The van der Waals surface area contributed by atoms with Crippen molar-refractivity contribution in [3.63, 3.8) is 0 Å². The Balaban J connectivity index is 0.00000225. The number of nitrogens with zero attached hydrogens (tertiary/aromatic N) is 1. The summed E-state index contributed by atoms with van der Waals surface area (Å²) in [7, 11) is 0. The SMILES string of the molecule is CC1CCCCCCC1CCCN1Cc2ccccc2NCC1=O.[HH]. The highest BCUT2D eigenvalue weighted by molar-refractivity contribution is 5.82. The molecule has 134 valence electrons. The molecule has 1 N–H and O–H groups in total. The van der Waals surface area contributed by atoms with Gasteiger partial charge in [0.05, 0.1) is 6.54 Å². The molecule has 1 aromatic rings. The van der Waals surface area contributed by atoms with E-state index in [1.54, 1.807) is 0 Å². The minimum atomic E-state index is 0. The summed E-state index contributed by atoms with van der Waals surface area (Å²) in [5, 5.41) is 3.28. The van der Waals surface area contributed by atoms with Crippen molar-refractivity contribution in [3.05, 3.63) is 29.8 Å². The van der Waals surface area contributed by atoms with Crippen LogP contribution in [0.1, 0.15) is 65.3 Å². The average molecular weight is 331 g/mol. The third kappa shape index (κ3) is 4.52. The molecular weight excluding hydrogens is 296 g/mol. The lowest BCUT2D eigenvalue weighted by Gasteiger charge is -2.28. The van der Waals surface area contributed by atoms with Crippen LogP contribution < -0.4 is 5.32 Å². The molecule has 2 aliphatic rings. The van der Waals surface area contributed by atoms with Crippen molar-refractivity contribution in [2.75, 3.05) is 18.4 Å². The number of para-hydroxylation sites is 1. The van der Waals surface area contributed by atoms with Crippen molar-refractivity contribution in [3.8, 4) is 0 Å². The predicted octanol–water partition coefficient (Wildman–Crippen LogP) is 5.07. The molecular formula is C21H34N2O. The van der Waals surface area contributed by atoms with Crippen LogP contribution >= 0.6 is 0 Å². The lowest BCUT2D eigenvalue weighted by molar-refractivity contribution is -0.129. The highest BCUT2D eigenvalue weighted by atomic mass is 16.2. The van der Waals surface area contributed by atoms with Crippen molar-refractivity contribution in [2.24, 2.45) is 11.8 Å². The lowest BCUT2D eigenvalue weighted by atomic mass is 9.80. The predicted molar refractivity (Wildman–Crippen MR) is 102 cm³/mol. The number of hydrogen-bond donors (Lipinski definition) is 1. The number of carbonyl (C=O) groups is 1. The zero-order valence-corrected chi connectivity index (χ0v) is 15.1. The van der Waals surface area contributed by atoms with E-state index in [1.165, 1.54) is 50.5 Å². The Labute approximate surface area is 148 Å². The Kier molecular flexibility index (Phi) is 6.17. The molecule has 3 rings (SSSR count). The third-order valence-corrected chi connectivity index (χ3v) is 5.95. The summed E-state index contributed by atoms with van der Waals surface area (Å²) in [6.45, 7) is 4.52. The van der Waals surface area contributed by atoms with Gasteiger partial charge in [-0.15, -0.1) is 0 Å². The van der Waals surface area contributed by atoms with Gasteiger partial charge in [0.15, 0.2) is 0 Å². The Morgan fingerprint density at radius 2 is 1.96 bits per heavy atom. The van der Waals surface area contributed by atoms with Crippen molar-refractivity contribution in [2.45, 2.75) is 64.8 Å². The van der Waals surface area contributed by atoms with Crippen molar-refractivity contribution < 1.29 is 6.22 Å². The second kappa shape index (κ2) is 8.55. The fourth-order valence-corrected chi connectivity index (χ4v) is 4.33. The summed E-state index contributed by atoms with van der Waals surface area (Å²) in [6.07, 6.45) is 10.8. The smallest absolute Gasteiger partial charge is 0.242 e. The van der Waals surface area contributed by atoms with E-state index in [1.807, 2.05) is 11.0 Å². The van der Waals surface area contributed by atoms with Gasteiger partial charge in [-0.3, -0.25) is 4.79 Å². The van der Waals surface area contributed by atoms with Crippen LogP contribution in [0.4, 0.5) is 5.69 Å². The first-order valence-electron chi connectivity index (χ1n) is 9.83. The standard InChI is InChI=1S/C21H32N2O.H2/c1-17-9-4-2-3-5-10-18(17)12-8-14-23-16-19-11-6-7-13-20(19)22-15-21(23)24;/h6-7,11,13,17-18,22H,2-5,8-10,12,14-16H2,1H3;1H. The second-order valence-electron chi connectivity index (χ2n) is 7.70. The molecule has 2 atom stereocenters. The van der Waals surface area contributed by atoms with E-state index in [-0.39, 0.29) is 7.33 Å². The number of nitrogens with one attached hydrogen (secondary N) is 1. The number of benzene rings is 1. The summed E-state index contributed by atoms with van der Waals surface area (Å²) in [5.41, 5.74) is 2.35. The maximum atomic E-state index is 12.4. The van der Waals surface area contributed by atoms with Gasteiger partial charge < -0.3 is 10.2 Å². The van der Waals surface area contributed by atoms with Crippen LogP contribution in [0.3, 0.4) is 0 Å². The Bertz CT molecular complexity index is 548. The van der Waals surface area contributed by atoms with Crippen LogP contribution in [0, 0.1) is 11.8 Å². The molecule has 1 aliphatic carbocycles. The van der Waals surface area contributed by atoms with Gasteiger partial charge in [-0.25, -0.2) is 0 Å². The zero-order valence-electron chi connectivity index (χ0n) is 15.1.